The van der Waals surface area contributed by atoms with E-state index in [0.29, 0.717) is 5.92 Å². The second-order valence-corrected chi connectivity index (χ2v) is 6.12. The number of hydrogen-bond donors (Lipinski definition) is 0. The van der Waals surface area contributed by atoms with E-state index in [-0.39, 0.29) is 0 Å². The summed E-state index contributed by atoms with van der Waals surface area (Å²) in [6.45, 7) is 5.44. The van der Waals surface area contributed by atoms with E-state index >= 15 is 0 Å². The summed E-state index contributed by atoms with van der Waals surface area (Å²) >= 11 is 0. The standard InChI is InChI=1S/C20H24N2O2/c1-5-14(2)13-22-17-9-7-6-8-16(17)21-20(22)15-10-11-18(23-3)19(12-15)24-4/h6-12,14H,5,13H2,1-4H3/t14-/m0/s1. The highest BCUT2D eigenvalue weighted by atomic mass is 16.5. The number of fused-ring (bicyclic) bond motifs is 1. The van der Waals surface area contributed by atoms with Crippen LogP contribution in [0.25, 0.3) is 22.4 Å². The molecule has 1 heterocycles. The normalized spacial score (nSPS) is 12.3. The van der Waals surface area contributed by atoms with Gasteiger partial charge in [0, 0.05) is 12.1 Å². The van der Waals surface area contributed by atoms with Crippen LogP contribution in [0.1, 0.15) is 20.3 Å². The van der Waals surface area contributed by atoms with E-state index in [1.165, 1.54) is 5.52 Å². The van der Waals surface area contributed by atoms with E-state index in [1.807, 2.05) is 24.3 Å². The second kappa shape index (κ2) is 6.95. The van der Waals surface area contributed by atoms with Crippen molar-refractivity contribution in [2.75, 3.05) is 14.2 Å². The zero-order valence-electron chi connectivity index (χ0n) is 14.7. The van der Waals surface area contributed by atoms with E-state index in [4.69, 9.17) is 14.5 Å². The summed E-state index contributed by atoms with van der Waals surface area (Å²) in [6.07, 6.45) is 1.14. The Bertz CT molecular complexity index is 839. The Hall–Kier alpha value is -2.49. The van der Waals surface area contributed by atoms with Crippen LogP contribution in [-0.2, 0) is 6.54 Å². The number of nitrogens with zero attached hydrogens (tertiary/aromatic N) is 2. The molecule has 24 heavy (non-hydrogen) atoms. The van der Waals surface area contributed by atoms with Crippen molar-refractivity contribution < 1.29 is 9.47 Å². The maximum Gasteiger partial charge on any atom is 0.161 e. The molecular weight excluding hydrogens is 300 g/mol. The van der Waals surface area contributed by atoms with Gasteiger partial charge in [-0.2, -0.15) is 0 Å². The summed E-state index contributed by atoms with van der Waals surface area (Å²) in [4.78, 5) is 4.87. The Kier molecular flexibility index (Phi) is 4.74. The molecule has 0 aliphatic carbocycles. The summed E-state index contributed by atoms with van der Waals surface area (Å²) < 4.78 is 13.1. The molecule has 0 saturated heterocycles. The zero-order valence-corrected chi connectivity index (χ0v) is 14.7. The largest absolute Gasteiger partial charge is 0.493 e. The number of hydrogen-bond acceptors (Lipinski definition) is 3. The van der Waals surface area contributed by atoms with Gasteiger partial charge in [0.05, 0.1) is 25.3 Å². The molecule has 4 heteroatoms. The fourth-order valence-corrected chi connectivity index (χ4v) is 2.90. The van der Waals surface area contributed by atoms with Crippen LogP contribution in [0.15, 0.2) is 42.5 Å². The quantitative estimate of drug-likeness (QED) is 0.655. The molecule has 1 atom stereocenters. The zero-order chi connectivity index (χ0) is 17.1. The van der Waals surface area contributed by atoms with Crippen molar-refractivity contribution in [3.05, 3.63) is 42.5 Å². The lowest BCUT2D eigenvalue weighted by Crippen LogP contribution is -2.08. The first-order valence-corrected chi connectivity index (χ1v) is 8.35. The predicted molar refractivity (Wildman–Crippen MR) is 97.7 cm³/mol. The molecule has 1 aromatic heterocycles. The lowest BCUT2D eigenvalue weighted by atomic mass is 10.1. The Labute approximate surface area is 143 Å². The van der Waals surface area contributed by atoms with Gasteiger partial charge in [-0.15, -0.1) is 0 Å². The number of ether oxygens (including phenoxy) is 2. The van der Waals surface area contributed by atoms with Crippen molar-refractivity contribution in [3.8, 4) is 22.9 Å². The van der Waals surface area contributed by atoms with Crippen molar-refractivity contribution in [1.29, 1.82) is 0 Å². The third-order valence-corrected chi connectivity index (χ3v) is 4.49. The van der Waals surface area contributed by atoms with E-state index in [2.05, 4.69) is 36.6 Å². The molecule has 4 nitrogen and oxygen atoms in total. The van der Waals surface area contributed by atoms with Gasteiger partial charge in [-0.3, -0.25) is 0 Å². The number of para-hydroxylation sites is 2. The van der Waals surface area contributed by atoms with E-state index < -0.39 is 0 Å². The Morgan fingerprint density at radius 3 is 2.50 bits per heavy atom. The van der Waals surface area contributed by atoms with Crippen LogP contribution in [0.5, 0.6) is 11.5 Å². The lowest BCUT2D eigenvalue weighted by molar-refractivity contribution is 0.355. The van der Waals surface area contributed by atoms with E-state index in [0.717, 1.165) is 41.4 Å². The van der Waals surface area contributed by atoms with Gasteiger partial charge < -0.3 is 14.0 Å². The molecule has 0 amide bonds. The SMILES string of the molecule is CC[C@H](C)Cn1c(-c2ccc(OC)c(OC)c2)nc2ccccc21. The van der Waals surface area contributed by atoms with Crippen LogP contribution in [-0.4, -0.2) is 23.8 Å². The molecule has 0 radical (unpaired) electrons. The Morgan fingerprint density at radius 2 is 1.79 bits per heavy atom. The molecule has 0 fully saturated rings. The Morgan fingerprint density at radius 1 is 1.04 bits per heavy atom. The third kappa shape index (κ3) is 2.96. The highest BCUT2D eigenvalue weighted by Crippen LogP contribution is 2.33. The van der Waals surface area contributed by atoms with Crippen LogP contribution in [0.4, 0.5) is 0 Å². The minimum Gasteiger partial charge on any atom is -0.493 e. The van der Waals surface area contributed by atoms with Gasteiger partial charge in [0.15, 0.2) is 11.5 Å². The molecule has 0 bridgehead atoms. The fourth-order valence-electron chi connectivity index (χ4n) is 2.90. The van der Waals surface area contributed by atoms with Crippen molar-refractivity contribution in [2.24, 2.45) is 5.92 Å². The lowest BCUT2D eigenvalue weighted by Gasteiger charge is -2.15. The van der Waals surface area contributed by atoms with Gasteiger partial charge >= 0.3 is 0 Å². The summed E-state index contributed by atoms with van der Waals surface area (Å²) in [6, 6.07) is 14.3. The molecule has 3 aromatic rings. The summed E-state index contributed by atoms with van der Waals surface area (Å²) in [5.41, 5.74) is 3.22. The predicted octanol–water partition coefficient (Wildman–Crippen LogP) is 4.77. The summed E-state index contributed by atoms with van der Waals surface area (Å²) in [5, 5.41) is 0. The molecule has 0 unspecified atom stereocenters. The molecule has 126 valence electrons. The molecular formula is C20H24N2O2. The third-order valence-electron chi connectivity index (χ3n) is 4.49. The smallest absolute Gasteiger partial charge is 0.161 e. The van der Waals surface area contributed by atoms with Crippen LogP contribution in [0.2, 0.25) is 0 Å². The molecule has 0 aliphatic rings. The number of aromatic nitrogens is 2. The summed E-state index contributed by atoms with van der Waals surface area (Å²) in [7, 11) is 3.31. The molecule has 0 aliphatic heterocycles. The minimum absolute atomic E-state index is 0.585. The highest BCUT2D eigenvalue weighted by Gasteiger charge is 2.16. The maximum absolute atomic E-state index is 5.45. The number of rotatable bonds is 6. The van der Waals surface area contributed by atoms with Crippen LogP contribution in [0.3, 0.4) is 0 Å². The van der Waals surface area contributed by atoms with Crippen molar-refractivity contribution in [3.63, 3.8) is 0 Å². The molecule has 2 aromatic carbocycles. The average Bonchev–Trinajstić information content (AvgIpc) is 2.99. The van der Waals surface area contributed by atoms with Crippen molar-refractivity contribution in [2.45, 2.75) is 26.8 Å². The van der Waals surface area contributed by atoms with Crippen molar-refractivity contribution in [1.82, 2.24) is 9.55 Å². The molecule has 3 rings (SSSR count). The number of benzene rings is 2. The van der Waals surface area contributed by atoms with Gasteiger partial charge in [0.25, 0.3) is 0 Å². The second-order valence-electron chi connectivity index (χ2n) is 6.12. The van der Waals surface area contributed by atoms with Crippen LogP contribution in [0, 0.1) is 5.92 Å². The molecule has 0 saturated carbocycles. The number of imidazole rings is 1. The van der Waals surface area contributed by atoms with Crippen molar-refractivity contribution >= 4 is 11.0 Å². The van der Waals surface area contributed by atoms with E-state index in [9.17, 15) is 0 Å². The summed E-state index contributed by atoms with van der Waals surface area (Å²) in [5.74, 6) is 3.00. The van der Waals surface area contributed by atoms with E-state index in [1.54, 1.807) is 14.2 Å². The first-order chi connectivity index (χ1) is 11.7. The first-order valence-electron chi connectivity index (χ1n) is 8.35. The van der Waals surface area contributed by atoms with Crippen LogP contribution < -0.4 is 9.47 Å². The van der Waals surface area contributed by atoms with Crippen LogP contribution >= 0.6 is 0 Å². The topological polar surface area (TPSA) is 36.3 Å². The van der Waals surface area contributed by atoms with Gasteiger partial charge in [-0.05, 0) is 36.2 Å². The van der Waals surface area contributed by atoms with Gasteiger partial charge in [0.1, 0.15) is 5.82 Å². The average molecular weight is 324 g/mol. The Balaban J connectivity index is 2.16. The first kappa shape index (κ1) is 16.4. The fraction of sp³-hybridized carbons (Fsp3) is 0.350. The highest BCUT2D eigenvalue weighted by molar-refractivity contribution is 5.81. The molecule has 0 spiro atoms. The van der Waals surface area contributed by atoms with Gasteiger partial charge in [0.2, 0.25) is 0 Å². The monoisotopic (exact) mass is 324 g/mol. The maximum atomic E-state index is 5.45. The van der Waals surface area contributed by atoms with Gasteiger partial charge in [-0.1, -0.05) is 32.4 Å². The molecule has 0 N–H and O–H groups in total. The van der Waals surface area contributed by atoms with Gasteiger partial charge in [-0.25, -0.2) is 4.98 Å². The number of methoxy groups -OCH3 is 2. The minimum atomic E-state index is 0.585.